The van der Waals surface area contributed by atoms with Crippen molar-refractivity contribution in [3.8, 4) is 6.07 Å². The smallest absolute Gasteiger partial charge is 0.207 e. The Bertz CT molecular complexity index is 561. The summed E-state index contributed by atoms with van der Waals surface area (Å²) in [4.78, 5) is -0.0772. The van der Waals surface area contributed by atoms with Gasteiger partial charge < -0.3 is 0 Å². The van der Waals surface area contributed by atoms with Crippen LogP contribution in [0.3, 0.4) is 0 Å². The molecule has 4 nitrogen and oxygen atoms in total. The zero-order chi connectivity index (χ0) is 13.2. The van der Waals surface area contributed by atoms with Crippen LogP contribution in [-0.4, -0.2) is 25.8 Å². The number of hydrogen-bond acceptors (Lipinski definition) is 3. The fourth-order valence-corrected chi connectivity index (χ4v) is 2.59. The van der Waals surface area contributed by atoms with Gasteiger partial charge in [0.25, 0.3) is 0 Å². The summed E-state index contributed by atoms with van der Waals surface area (Å²) in [5.74, 6) is -0.723. The van der Waals surface area contributed by atoms with E-state index in [4.69, 9.17) is 5.26 Å². The van der Waals surface area contributed by atoms with Gasteiger partial charge in [0, 0.05) is 13.1 Å². The highest BCUT2D eigenvalue weighted by molar-refractivity contribution is 7.89. The predicted molar refractivity (Wildman–Crippen MR) is 61.2 cm³/mol. The predicted octanol–water partition coefficient (Wildman–Crippen LogP) is 1.73. The third kappa shape index (κ3) is 2.62. The van der Waals surface area contributed by atoms with Crippen LogP contribution >= 0.6 is 0 Å². The van der Waals surface area contributed by atoms with Crippen molar-refractivity contribution in [3.05, 3.63) is 29.6 Å². The summed E-state index contributed by atoms with van der Waals surface area (Å²) in [6, 6.07) is 4.59. The number of halogens is 1. The van der Waals surface area contributed by atoms with Crippen LogP contribution in [0.4, 0.5) is 4.39 Å². The minimum Gasteiger partial charge on any atom is -0.207 e. The second-order valence-corrected chi connectivity index (χ2v) is 5.87. The zero-order valence-corrected chi connectivity index (χ0v) is 10.6. The first-order valence-electron chi connectivity index (χ1n) is 4.98. The lowest BCUT2D eigenvalue weighted by Crippen LogP contribution is -2.33. The van der Waals surface area contributed by atoms with Gasteiger partial charge in [-0.15, -0.1) is 0 Å². The maximum Gasteiger partial charge on any atom is 0.243 e. The summed E-state index contributed by atoms with van der Waals surface area (Å²) >= 11 is 0. The molecule has 0 aliphatic carbocycles. The summed E-state index contributed by atoms with van der Waals surface area (Å²) in [6.45, 7) is 3.46. The molecule has 0 saturated carbocycles. The molecule has 0 heterocycles. The Hall–Kier alpha value is -1.45. The van der Waals surface area contributed by atoms with E-state index in [9.17, 15) is 12.8 Å². The Balaban J connectivity index is 3.31. The Kier molecular flexibility index (Phi) is 3.86. The minimum absolute atomic E-state index is 0.0772. The molecule has 0 aromatic heterocycles. The molecule has 0 N–H and O–H groups in total. The Morgan fingerprint density at radius 2 is 2.00 bits per heavy atom. The molecule has 1 aromatic carbocycles. The van der Waals surface area contributed by atoms with Gasteiger partial charge >= 0.3 is 0 Å². The number of nitriles is 1. The van der Waals surface area contributed by atoms with Gasteiger partial charge in [0.05, 0.1) is 10.5 Å². The third-order valence-corrected chi connectivity index (χ3v) is 4.49. The van der Waals surface area contributed by atoms with Crippen molar-refractivity contribution in [1.29, 1.82) is 5.26 Å². The maximum atomic E-state index is 13.1. The van der Waals surface area contributed by atoms with E-state index >= 15 is 0 Å². The van der Waals surface area contributed by atoms with E-state index in [1.165, 1.54) is 11.4 Å². The molecule has 0 atom stereocenters. The molecule has 1 aromatic rings. The Morgan fingerprint density at radius 1 is 1.41 bits per heavy atom. The standard InChI is InChI=1S/C11H13FN2O2S/c1-8(2)14(3)17(15,16)10-4-5-11(12)9(6-10)7-13/h4-6,8H,1-3H3. The van der Waals surface area contributed by atoms with Crippen molar-refractivity contribution < 1.29 is 12.8 Å². The first-order valence-corrected chi connectivity index (χ1v) is 6.42. The molecule has 92 valence electrons. The van der Waals surface area contributed by atoms with Crippen LogP contribution in [0.2, 0.25) is 0 Å². The van der Waals surface area contributed by atoms with Crippen LogP contribution in [0.5, 0.6) is 0 Å². The van der Waals surface area contributed by atoms with Gasteiger partial charge in [-0.25, -0.2) is 12.8 Å². The average molecular weight is 256 g/mol. The molecule has 0 saturated heterocycles. The highest BCUT2D eigenvalue weighted by Gasteiger charge is 2.23. The van der Waals surface area contributed by atoms with E-state index in [-0.39, 0.29) is 16.5 Å². The fraction of sp³-hybridized carbons (Fsp3) is 0.364. The monoisotopic (exact) mass is 256 g/mol. The summed E-state index contributed by atoms with van der Waals surface area (Å²) < 4.78 is 38.3. The van der Waals surface area contributed by atoms with Crippen molar-refractivity contribution in [2.24, 2.45) is 0 Å². The van der Waals surface area contributed by atoms with Crippen LogP contribution < -0.4 is 0 Å². The highest BCUT2D eigenvalue weighted by Crippen LogP contribution is 2.19. The van der Waals surface area contributed by atoms with Gasteiger partial charge in [-0.05, 0) is 32.0 Å². The van der Waals surface area contributed by atoms with Gasteiger partial charge in [-0.3, -0.25) is 0 Å². The molecule has 0 aliphatic rings. The minimum atomic E-state index is -3.67. The number of hydrogen-bond donors (Lipinski definition) is 0. The van der Waals surface area contributed by atoms with E-state index in [0.29, 0.717) is 0 Å². The van der Waals surface area contributed by atoms with Crippen LogP contribution in [-0.2, 0) is 10.0 Å². The first kappa shape index (κ1) is 13.6. The molecule has 17 heavy (non-hydrogen) atoms. The maximum absolute atomic E-state index is 13.1. The van der Waals surface area contributed by atoms with E-state index in [1.807, 2.05) is 0 Å². The van der Waals surface area contributed by atoms with E-state index in [0.717, 1.165) is 18.2 Å². The summed E-state index contributed by atoms with van der Waals surface area (Å²) in [5.41, 5.74) is -0.275. The van der Waals surface area contributed by atoms with Crippen molar-refractivity contribution in [3.63, 3.8) is 0 Å². The fourth-order valence-electron chi connectivity index (χ4n) is 1.19. The molecule has 0 spiro atoms. The molecule has 0 amide bonds. The average Bonchev–Trinajstić information content (AvgIpc) is 2.28. The molecule has 0 aliphatic heterocycles. The van der Waals surface area contributed by atoms with Crippen LogP contribution in [0, 0.1) is 17.1 Å². The molecule has 0 radical (unpaired) electrons. The summed E-state index contributed by atoms with van der Waals surface area (Å²) in [5, 5.41) is 8.66. The summed E-state index contributed by atoms with van der Waals surface area (Å²) in [6.07, 6.45) is 0. The molecular weight excluding hydrogens is 243 g/mol. The van der Waals surface area contributed by atoms with E-state index < -0.39 is 15.8 Å². The number of benzene rings is 1. The molecule has 6 heteroatoms. The third-order valence-electron chi connectivity index (χ3n) is 2.46. The van der Waals surface area contributed by atoms with Crippen LogP contribution in [0.15, 0.2) is 23.1 Å². The number of nitrogens with zero attached hydrogens (tertiary/aromatic N) is 2. The molecule has 0 fully saturated rings. The van der Waals surface area contributed by atoms with E-state index in [2.05, 4.69) is 0 Å². The molecule has 0 unspecified atom stereocenters. The SMILES string of the molecule is CC(C)N(C)S(=O)(=O)c1ccc(F)c(C#N)c1. The zero-order valence-electron chi connectivity index (χ0n) is 9.81. The van der Waals surface area contributed by atoms with Crippen molar-refractivity contribution >= 4 is 10.0 Å². The van der Waals surface area contributed by atoms with Crippen molar-refractivity contribution in [1.82, 2.24) is 4.31 Å². The van der Waals surface area contributed by atoms with E-state index in [1.54, 1.807) is 19.9 Å². The lowest BCUT2D eigenvalue weighted by molar-refractivity contribution is 0.410. The lowest BCUT2D eigenvalue weighted by atomic mass is 10.2. The molecular formula is C11H13FN2O2S. The van der Waals surface area contributed by atoms with Gasteiger partial charge in [0.1, 0.15) is 11.9 Å². The van der Waals surface area contributed by atoms with Gasteiger partial charge in [0.15, 0.2) is 0 Å². The van der Waals surface area contributed by atoms with Gasteiger partial charge in [-0.1, -0.05) is 0 Å². The molecule has 0 bridgehead atoms. The van der Waals surface area contributed by atoms with Crippen molar-refractivity contribution in [2.75, 3.05) is 7.05 Å². The van der Waals surface area contributed by atoms with Gasteiger partial charge in [-0.2, -0.15) is 9.57 Å². The lowest BCUT2D eigenvalue weighted by Gasteiger charge is -2.20. The number of sulfonamides is 1. The van der Waals surface area contributed by atoms with Crippen LogP contribution in [0.1, 0.15) is 19.4 Å². The largest absolute Gasteiger partial charge is 0.243 e. The van der Waals surface area contributed by atoms with Gasteiger partial charge in [0.2, 0.25) is 10.0 Å². The molecule has 1 rings (SSSR count). The highest BCUT2D eigenvalue weighted by atomic mass is 32.2. The summed E-state index contributed by atoms with van der Waals surface area (Å²) in [7, 11) is -2.23. The normalized spacial score (nSPS) is 11.8. The second-order valence-electron chi connectivity index (χ2n) is 3.87. The second kappa shape index (κ2) is 4.82. The Labute approximate surface area is 100 Å². The van der Waals surface area contributed by atoms with Crippen molar-refractivity contribution in [2.45, 2.75) is 24.8 Å². The topological polar surface area (TPSA) is 61.2 Å². The quantitative estimate of drug-likeness (QED) is 0.827. The Morgan fingerprint density at radius 3 is 2.47 bits per heavy atom. The first-order chi connectivity index (χ1) is 7.80. The van der Waals surface area contributed by atoms with Crippen LogP contribution in [0.25, 0.3) is 0 Å². The number of rotatable bonds is 3.